The third kappa shape index (κ3) is 3.39. The number of benzene rings is 2. The van der Waals surface area contributed by atoms with Crippen LogP contribution in [-0.2, 0) is 17.9 Å². The fourth-order valence-corrected chi connectivity index (χ4v) is 16.3. The molecule has 2 aromatic rings. The Morgan fingerprint density at radius 2 is 1.54 bits per heavy atom. The molecule has 26 heavy (non-hydrogen) atoms. The summed E-state index contributed by atoms with van der Waals surface area (Å²) in [6, 6.07) is 18.5. The number of fused-ring (bicyclic) bond motifs is 2. The van der Waals surface area contributed by atoms with Crippen LogP contribution in [0.2, 0.25) is 25.7 Å². The topological polar surface area (TPSA) is 0 Å². The molecule has 0 fully saturated rings. The van der Waals surface area contributed by atoms with Crippen LogP contribution in [0.1, 0.15) is 29.5 Å². The number of halogens is 2. The summed E-state index contributed by atoms with van der Waals surface area (Å²) in [6.45, 7) is 7.28. The monoisotopic (exact) mass is 476 g/mol. The molecule has 134 valence electrons. The van der Waals surface area contributed by atoms with Gasteiger partial charge in [-0.1, -0.05) is 0 Å². The fourth-order valence-electron chi connectivity index (χ4n) is 4.26. The number of hydrogen-bond donors (Lipinski definition) is 0. The van der Waals surface area contributed by atoms with Gasteiger partial charge in [0.15, 0.2) is 0 Å². The second-order valence-electron chi connectivity index (χ2n) is 8.63. The first-order valence-corrected chi connectivity index (χ1v) is 22.1. The molecule has 0 amide bonds. The van der Waals surface area contributed by atoms with Crippen molar-refractivity contribution < 1.29 is 17.9 Å². The van der Waals surface area contributed by atoms with Crippen molar-refractivity contribution in [3.8, 4) is 0 Å². The molecule has 0 N–H and O–H groups in total. The summed E-state index contributed by atoms with van der Waals surface area (Å²) < 4.78 is 0.431. The molecule has 4 heteroatoms. The molecule has 0 heterocycles. The molecule has 0 aromatic heterocycles. The Morgan fingerprint density at radius 3 is 2.27 bits per heavy atom. The van der Waals surface area contributed by atoms with Gasteiger partial charge in [0, 0.05) is 0 Å². The van der Waals surface area contributed by atoms with E-state index in [0.717, 1.165) is 0 Å². The molecule has 4 rings (SSSR count). The van der Waals surface area contributed by atoms with Gasteiger partial charge in [0.2, 0.25) is 0 Å². The van der Waals surface area contributed by atoms with Gasteiger partial charge in [0.1, 0.15) is 0 Å². The van der Waals surface area contributed by atoms with E-state index in [9.17, 15) is 0 Å². The van der Waals surface area contributed by atoms with Gasteiger partial charge in [-0.2, -0.15) is 0 Å². The molecular weight excluding hydrogens is 454 g/mol. The summed E-state index contributed by atoms with van der Waals surface area (Å²) in [6.07, 6.45) is 6.89. The Labute approximate surface area is 169 Å². The molecule has 2 aliphatic carbocycles. The fraction of sp³-hybridized carbons (Fsp3) is 0.273. The van der Waals surface area contributed by atoms with Crippen LogP contribution in [0.4, 0.5) is 0 Å². The van der Waals surface area contributed by atoms with E-state index in [0.29, 0.717) is 0 Å². The van der Waals surface area contributed by atoms with Crippen LogP contribution in [0.25, 0.3) is 11.6 Å². The molecule has 2 aliphatic rings. The summed E-state index contributed by atoms with van der Waals surface area (Å²) in [5.74, 6) is 0. The molecule has 0 saturated heterocycles. The van der Waals surface area contributed by atoms with Crippen molar-refractivity contribution in [1.82, 2.24) is 0 Å². The number of allylic oxidation sites excluding steroid dienone is 3. The molecule has 2 atom stereocenters. The predicted molar refractivity (Wildman–Crippen MR) is 115 cm³/mol. The summed E-state index contributed by atoms with van der Waals surface area (Å²) in [4.78, 5) is 0. The molecule has 2 unspecified atom stereocenters. The number of rotatable bonds is 4. The van der Waals surface area contributed by atoms with E-state index in [4.69, 9.17) is 17.0 Å². The van der Waals surface area contributed by atoms with Crippen LogP contribution >= 0.6 is 17.0 Å². The zero-order valence-electron chi connectivity index (χ0n) is 15.5. The van der Waals surface area contributed by atoms with Gasteiger partial charge < -0.3 is 0 Å². The molecule has 0 radical (unpaired) electrons. The van der Waals surface area contributed by atoms with Crippen LogP contribution in [0.15, 0.2) is 60.7 Å². The molecule has 2 aromatic carbocycles. The summed E-state index contributed by atoms with van der Waals surface area (Å²) >= 11 is -3.56. The second-order valence-corrected chi connectivity index (χ2v) is 29.0. The minimum absolute atomic E-state index is 0.212. The number of hydrogen-bond acceptors (Lipinski definition) is 0. The van der Waals surface area contributed by atoms with Crippen LogP contribution < -0.4 is 0 Å². The Balaban J connectivity index is 1.76. The van der Waals surface area contributed by atoms with Gasteiger partial charge in [-0.25, -0.2) is 0 Å². The van der Waals surface area contributed by atoms with Crippen molar-refractivity contribution in [3.63, 3.8) is 0 Å². The van der Waals surface area contributed by atoms with E-state index in [1.807, 2.05) is 0 Å². The normalized spacial score (nSPS) is 21.5. The Kier molecular flexibility index (Phi) is 5.02. The van der Waals surface area contributed by atoms with Gasteiger partial charge in [0.25, 0.3) is 0 Å². The van der Waals surface area contributed by atoms with Gasteiger partial charge in [0.05, 0.1) is 0 Å². The Hall–Kier alpha value is -0.400. The zero-order chi connectivity index (χ0) is 18.5. The molecule has 0 bridgehead atoms. The molecule has 0 spiro atoms. The summed E-state index contributed by atoms with van der Waals surface area (Å²) in [5, 5.41) is 0. The van der Waals surface area contributed by atoms with Crippen molar-refractivity contribution in [2.75, 3.05) is 0 Å². The van der Waals surface area contributed by atoms with Gasteiger partial charge in [-0.15, -0.1) is 0 Å². The van der Waals surface area contributed by atoms with Crippen LogP contribution in [0, 0.1) is 0 Å². The SMILES string of the molecule is C[Si](C)(C)CC1=C[CH]([Zr]([Cl])([Cl])[CH]2C=Cc3ccccc32)c2ccccc21. The van der Waals surface area contributed by atoms with Crippen molar-refractivity contribution in [2.45, 2.75) is 32.9 Å². The van der Waals surface area contributed by atoms with E-state index in [1.54, 1.807) is 0 Å². The molecule has 0 nitrogen and oxygen atoms in total. The molecule has 0 aliphatic heterocycles. The van der Waals surface area contributed by atoms with E-state index in [2.05, 4.69) is 86.4 Å². The van der Waals surface area contributed by atoms with Gasteiger partial charge in [-0.05, 0) is 0 Å². The van der Waals surface area contributed by atoms with E-state index in [1.165, 1.54) is 33.9 Å². The maximum atomic E-state index is 7.33. The minimum atomic E-state index is -3.56. The first-order valence-electron chi connectivity index (χ1n) is 9.22. The van der Waals surface area contributed by atoms with E-state index < -0.39 is 26.0 Å². The third-order valence-corrected chi connectivity index (χ3v) is 18.9. The maximum absolute atomic E-state index is 7.33. The predicted octanol–water partition coefficient (Wildman–Crippen LogP) is 7.69. The molecule has 0 saturated carbocycles. The van der Waals surface area contributed by atoms with Crippen molar-refractivity contribution in [1.29, 1.82) is 0 Å². The van der Waals surface area contributed by atoms with Gasteiger partial charge >= 0.3 is 171 Å². The second kappa shape index (κ2) is 6.89. The van der Waals surface area contributed by atoms with Gasteiger partial charge in [-0.3, -0.25) is 0 Å². The first kappa shape index (κ1) is 18.9. The average Bonchev–Trinajstić information content (AvgIpc) is 3.16. The summed E-state index contributed by atoms with van der Waals surface area (Å²) in [7, 11) is 13.4. The molecular formula is C22H24Cl2SiZr. The average molecular weight is 479 g/mol. The standard InChI is InChI=1S/C13H17Si.C9H7.2ClH.Zr/c1-14(2,3)10-12-9-8-11-6-4-5-7-13(11)12;1-2-5-9-7-3-6-8(9)4-1;;;/h4-9H,10H2,1-3H3;1-7H;2*1H;/q;;;;+2/p-2. The first-order chi connectivity index (χ1) is 12.3. The van der Waals surface area contributed by atoms with Crippen LogP contribution in [0.3, 0.4) is 0 Å². The van der Waals surface area contributed by atoms with Crippen LogP contribution in [-0.4, -0.2) is 8.07 Å². The van der Waals surface area contributed by atoms with Crippen molar-refractivity contribution >= 4 is 36.7 Å². The van der Waals surface area contributed by atoms with Crippen molar-refractivity contribution in [3.05, 3.63) is 82.9 Å². The Morgan fingerprint density at radius 1 is 0.885 bits per heavy atom. The quantitative estimate of drug-likeness (QED) is 0.395. The van der Waals surface area contributed by atoms with E-state index in [-0.39, 0.29) is 7.25 Å². The zero-order valence-corrected chi connectivity index (χ0v) is 20.4. The Bertz CT molecular complexity index is 908. The summed E-state index contributed by atoms with van der Waals surface area (Å²) in [5.41, 5.74) is 6.81. The van der Waals surface area contributed by atoms with E-state index >= 15 is 0 Å². The third-order valence-electron chi connectivity index (χ3n) is 5.36. The van der Waals surface area contributed by atoms with Crippen LogP contribution in [0.5, 0.6) is 0 Å². The van der Waals surface area contributed by atoms with Crippen molar-refractivity contribution in [2.24, 2.45) is 0 Å².